The second kappa shape index (κ2) is 3.18. The van der Waals surface area contributed by atoms with E-state index >= 15 is 0 Å². The molecule has 0 aromatic heterocycles. The summed E-state index contributed by atoms with van der Waals surface area (Å²) in [5.41, 5.74) is 0. The summed E-state index contributed by atoms with van der Waals surface area (Å²) < 4.78 is 0. The van der Waals surface area contributed by atoms with Gasteiger partial charge in [-0.1, -0.05) is 0 Å². The van der Waals surface area contributed by atoms with Crippen LogP contribution in [0.3, 0.4) is 0 Å². The van der Waals surface area contributed by atoms with Gasteiger partial charge in [0.1, 0.15) is 0 Å². The summed E-state index contributed by atoms with van der Waals surface area (Å²) in [7, 11) is 0. The normalized spacial score (nSPS) is 36.7. The Morgan fingerprint density at radius 1 is 1.67 bits per heavy atom. The third-order valence-corrected chi connectivity index (χ3v) is 1.99. The van der Waals surface area contributed by atoms with Gasteiger partial charge in [0.15, 0.2) is 0 Å². The lowest BCUT2D eigenvalue weighted by Gasteiger charge is -2.26. The molecule has 1 saturated heterocycles. The Kier molecular flexibility index (Phi) is 2.49. The zero-order valence-corrected chi connectivity index (χ0v) is 5.93. The molecule has 0 aromatic rings. The number of nitrogens with one attached hydrogen (secondary N) is 1. The van der Waals surface area contributed by atoms with E-state index in [1.807, 2.05) is 0 Å². The van der Waals surface area contributed by atoms with Crippen molar-refractivity contribution in [2.75, 3.05) is 13.2 Å². The number of hydrogen-bond donors (Lipinski definition) is 2. The van der Waals surface area contributed by atoms with Gasteiger partial charge in [0.2, 0.25) is 0 Å². The molecule has 54 valence electrons. The molecule has 0 aliphatic carbocycles. The summed E-state index contributed by atoms with van der Waals surface area (Å²) in [4.78, 5) is 0. The van der Waals surface area contributed by atoms with Gasteiger partial charge < -0.3 is 10.4 Å². The second-order valence-corrected chi connectivity index (χ2v) is 2.93. The summed E-state index contributed by atoms with van der Waals surface area (Å²) in [6, 6.07) is 0.607. The van der Waals surface area contributed by atoms with Gasteiger partial charge in [-0.2, -0.15) is 0 Å². The van der Waals surface area contributed by atoms with Crippen molar-refractivity contribution in [3.63, 3.8) is 0 Å². The number of aliphatic hydroxyl groups excluding tert-OH is 1. The highest BCUT2D eigenvalue weighted by atomic mass is 16.3. The summed E-state index contributed by atoms with van der Waals surface area (Å²) >= 11 is 0. The molecule has 0 unspecified atom stereocenters. The van der Waals surface area contributed by atoms with Crippen LogP contribution in [0, 0.1) is 5.92 Å². The fourth-order valence-electron chi connectivity index (χ4n) is 1.40. The predicted molar refractivity (Wildman–Crippen MR) is 37.3 cm³/mol. The number of aliphatic hydroxyl groups is 1. The van der Waals surface area contributed by atoms with E-state index in [0.717, 1.165) is 19.4 Å². The SMILES string of the molecule is C[C@@H]1C[C@H](CO)CCN1. The molecule has 1 fully saturated rings. The molecule has 1 heterocycles. The lowest BCUT2D eigenvalue weighted by atomic mass is 9.94. The Morgan fingerprint density at radius 2 is 2.44 bits per heavy atom. The van der Waals surface area contributed by atoms with Gasteiger partial charge in [0.05, 0.1) is 0 Å². The molecule has 2 atom stereocenters. The van der Waals surface area contributed by atoms with Gasteiger partial charge in [-0.3, -0.25) is 0 Å². The molecule has 2 heteroatoms. The lowest BCUT2D eigenvalue weighted by Crippen LogP contribution is -2.36. The summed E-state index contributed by atoms with van der Waals surface area (Å²) in [5.74, 6) is 0.557. The molecule has 0 amide bonds. The van der Waals surface area contributed by atoms with Gasteiger partial charge in [-0.15, -0.1) is 0 Å². The first-order valence-corrected chi connectivity index (χ1v) is 3.67. The van der Waals surface area contributed by atoms with E-state index in [1.54, 1.807) is 0 Å². The average molecular weight is 129 g/mol. The van der Waals surface area contributed by atoms with Crippen LogP contribution in [0.25, 0.3) is 0 Å². The van der Waals surface area contributed by atoms with Crippen molar-refractivity contribution in [1.82, 2.24) is 5.32 Å². The van der Waals surface area contributed by atoms with E-state index in [2.05, 4.69) is 12.2 Å². The maximum atomic E-state index is 8.78. The lowest BCUT2D eigenvalue weighted by molar-refractivity contribution is 0.180. The summed E-state index contributed by atoms with van der Waals surface area (Å²) in [6.07, 6.45) is 2.28. The summed E-state index contributed by atoms with van der Waals surface area (Å²) in [6.45, 7) is 3.61. The third kappa shape index (κ3) is 1.95. The third-order valence-electron chi connectivity index (χ3n) is 1.99. The van der Waals surface area contributed by atoms with Gasteiger partial charge in [0.25, 0.3) is 0 Å². The summed E-state index contributed by atoms with van der Waals surface area (Å²) in [5, 5.41) is 12.1. The van der Waals surface area contributed by atoms with Crippen molar-refractivity contribution >= 4 is 0 Å². The highest BCUT2D eigenvalue weighted by molar-refractivity contribution is 4.73. The maximum Gasteiger partial charge on any atom is 0.0460 e. The van der Waals surface area contributed by atoms with Gasteiger partial charge >= 0.3 is 0 Å². The van der Waals surface area contributed by atoms with E-state index in [4.69, 9.17) is 5.11 Å². The molecule has 2 N–H and O–H groups in total. The van der Waals surface area contributed by atoms with Crippen molar-refractivity contribution in [1.29, 1.82) is 0 Å². The molecule has 2 nitrogen and oxygen atoms in total. The van der Waals surface area contributed by atoms with Crippen LogP contribution in [-0.2, 0) is 0 Å². The van der Waals surface area contributed by atoms with Crippen LogP contribution in [0.15, 0.2) is 0 Å². The highest BCUT2D eigenvalue weighted by Crippen LogP contribution is 2.14. The first kappa shape index (κ1) is 7.03. The minimum Gasteiger partial charge on any atom is -0.396 e. The number of piperidine rings is 1. The Balaban J connectivity index is 2.23. The molecule has 1 rings (SSSR count). The Labute approximate surface area is 56.3 Å². The predicted octanol–water partition coefficient (Wildman–Crippen LogP) is 0.367. The largest absolute Gasteiger partial charge is 0.396 e. The Hall–Kier alpha value is -0.0800. The zero-order valence-electron chi connectivity index (χ0n) is 5.93. The average Bonchev–Trinajstić information content (AvgIpc) is 1.88. The van der Waals surface area contributed by atoms with E-state index < -0.39 is 0 Å². The van der Waals surface area contributed by atoms with Gasteiger partial charge in [-0.25, -0.2) is 0 Å². The van der Waals surface area contributed by atoms with E-state index in [-0.39, 0.29) is 0 Å². The number of hydrogen-bond acceptors (Lipinski definition) is 2. The Bertz CT molecular complexity index is 85.0. The van der Waals surface area contributed by atoms with Crippen molar-refractivity contribution in [2.45, 2.75) is 25.8 Å². The standard InChI is InChI=1S/C7H15NO/c1-6-4-7(5-9)2-3-8-6/h6-9H,2-5H2,1H3/t6-,7-/m1/s1. The van der Waals surface area contributed by atoms with Crippen LogP contribution >= 0.6 is 0 Å². The van der Waals surface area contributed by atoms with Gasteiger partial charge in [0, 0.05) is 12.6 Å². The first-order valence-electron chi connectivity index (χ1n) is 3.67. The fourth-order valence-corrected chi connectivity index (χ4v) is 1.40. The van der Waals surface area contributed by atoms with Crippen LogP contribution in [-0.4, -0.2) is 24.3 Å². The van der Waals surface area contributed by atoms with Crippen molar-refractivity contribution in [3.05, 3.63) is 0 Å². The van der Waals surface area contributed by atoms with Gasteiger partial charge in [-0.05, 0) is 32.2 Å². The molecule has 1 aliphatic rings. The Morgan fingerprint density at radius 3 is 2.89 bits per heavy atom. The van der Waals surface area contributed by atoms with Crippen LogP contribution < -0.4 is 5.32 Å². The minimum absolute atomic E-state index is 0.367. The molecule has 1 aliphatic heterocycles. The number of rotatable bonds is 1. The molecule has 0 aromatic carbocycles. The van der Waals surface area contributed by atoms with E-state index in [1.165, 1.54) is 0 Å². The fraction of sp³-hybridized carbons (Fsp3) is 1.00. The molecule has 0 bridgehead atoms. The molecule has 0 radical (unpaired) electrons. The van der Waals surface area contributed by atoms with E-state index in [0.29, 0.717) is 18.6 Å². The van der Waals surface area contributed by atoms with E-state index in [9.17, 15) is 0 Å². The molecular weight excluding hydrogens is 114 g/mol. The second-order valence-electron chi connectivity index (χ2n) is 2.93. The maximum absolute atomic E-state index is 8.78. The zero-order chi connectivity index (χ0) is 6.69. The molecule has 9 heavy (non-hydrogen) atoms. The monoisotopic (exact) mass is 129 g/mol. The first-order chi connectivity index (χ1) is 4.33. The van der Waals surface area contributed by atoms with Crippen molar-refractivity contribution < 1.29 is 5.11 Å². The van der Waals surface area contributed by atoms with Crippen LogP contribution in [0.1, 0.15) is 19.8 Å². The smallest absolute Gasteiger partial charge is 0.0460 e. The molecule has 0 saturated carbocycles. The van der Waals surface area contributed by atoms with Crippen molar-refractivity contribution in [3.8, 4) is 0 Å². The quantitative estimate of drug-likeness (QED) is 0.536. The van der Waals surface area contributed by atoms with Crippen LogP contribution in [0.4, 0.5) is 0 Å². The van der Waals surface area contributed by atoms with Crippen LogP contribution in [0.5, 0.6) is 0 Å². The topological polar surface area (TPSA) is 32.3 Å². The minimum atomic E-state index is 0.367. The highest BCUT2D eigenvalue weighted by Gasteiger charge is 2.16. The van der Waals surface area contributed by atoms with Crippen LogP contribution in [0.2, 0.25) is 0 Å². The van der Waals surface area contributed by atoms with Crippen molar-refractivity contribution in [2.24, 2.45) is 5.92 Å². The molecular formula is C7H15NO. The molecule has 0 spiro atoms.